The monoisotopic (exact) mass is 466 g/mol. The highest BCUT2D eigenvalue weighted by Crippen LogP contribution is 2.43. The van der Waals surface area contributed by atoms with E-state index in [1.54, 1.807) is 0 Å². The second-order valence-corrected chi connectivity index (χ2v) is 12.6. The molecule has 0 aromatic carbocycles. The number of esters is 1. The summed E-state index contributed by atoms with van der Waals surface area (Å²) in [4.78, 5) is 40.7. The Kier molecular flexibility index (Phi) is 8.64. The first-order valence-corrected chi connectivity index (χ1v) is 12.5. The van der Waals surface area contributed by atoms with Crippen LogP contribution in [0.1, 0.15) is 94.4 Å². The zero-order valence-electron chi connectivity index (χ0n) is 22.2. The Labute approximate surface area is 200 Å². The number of nitrogens with zero attached hydrogens (tertiary/aromatic N) is 1. The number of hydrogen-bond donors (Lipinski definition) is 1. The molecule has 7 nitrogen and oxygen atoms in total. The Hall–Kier alpha value is -1.63. The van der Waals surface area contributed by atoms with Crippen molar-refractivity contribution >= 4 is 18.3 Å². The summed E-state index contributed by atoms with van der Waals surface area (Å²) < 4.78 is 12.2. The number of ether oxygens (including phenoxy) is 2. The molecule has 33 heavy (non-hydrogen) atoms. The Morgan fingerprint density at radius 2 is 1.67 bits per heavy atom. The van der Waals surface area contributed by atoms with Crippen LogP contribution in [0.5, 0.6) is 0 Å². The molecule has 2 aliphatic rings. The van der Waals surface area contributed by atoms with E-state index in [1.807, 2.05) is 48.5 Å². The number of amides is 2. The second kappa shape index (κ2) is 10.3. The summed E-state index contributed by atoms with van der Waals surface area (Å²) >= 11 is 0. The standard InChI is InChI=1S/C26H46N2O5/c1-17-15-32-22(19(18(17)2)33-23(31)24(3,4)5)28(16-29)20(21(30)27-25(6,7)8)26(9)13-11-10-12-14-26/h16-20,22H,10-15H2,1-9H3,(H,27,30)/t17-,18-,19+,20?,22+/m1/s1. The van der Waals surface area contributed by atoms with Crippen LogP contribution >= 0.6 is 0 Å². The van der Waals surface area contributed by atoms with Gasteiger partial charge in [0, 0.05) is 11.5 Å². The summed E-state index contributed by atoms with van der Waals surface area (Å²) in [5.74, 6) is -0.398. The van der Waals surface area contributed by atoms with Gasteiger partial charge in [-0.2, -0.15) is 0 Å². The van der Waals surface area contributed by atoms with E-state index in [4.69, 9.17) is 9.47 Å². The molecule has 1 aliphatic heterocycles. The number of carbonyl (C=O) groups excluding carboxylic acids is 3. The fraction of sp³-hybridized carbons (Fsp3) is 0.885. The molecule has 1 heterocycles. The van der Waals surface area contributed by atoms with Crippen LogP contribution in [0.15, 0.2) is 0 Å². The van der Waals surface area contributed by atoms with Crippen molar-refractivity contribution in [2.24, 2.45) is 22.7 Å². The molecule has 1 unspecified atom stereocenters. The van der Waals surface area contributed by atoms with E-state index in [2.05, 4.69) is 19.2 Å². The van der Waals surface area contributed by atoms with Crippen LogP contribution in [-0.4, -0.2) is 53.7 Å². The quantitative estimate of drug-likeness (QED) is 0.466. The largest absolute Gasteiger partial charge is 0.457 e. The first-order valence-electron chi connectivity index (χ1n) is 12.5. The van der Waals surface area contributed by atoms with Gasteiger partial charge in [0.25, 0.3) is 0 Å². The van der Waals surface area contributed by atoms with Crippen LogP contribution < -0.4 is 5.32 Å². The van der Waals surface area contributed by atoms with Crippen molar-refractivity contribution in [1.29, 1.82) is 0 Å². The van der Waals surface area contributed by atoms with E-state index >= 15 is 0 Å². The van der Waals surface area contributed by atoms with Gasteiger partial charge in [-0.15, -0.1) is 0 Å². The van der Waals surface area contributed by atoms with Crippen molar-refractivity contribution in [3.63, 3.8) is 0 Å². The highest BCUT2D eigenvalue weighted by molar-refractivity contribution is 5.85. The van der Waals surface area contributed by atoms with Gasteiger partial charge >= 0.3 is 5.97 Å². The van der Waals surface area contributed by atoms with Crippen LogP contribution in [0, 0.1) is 22.7 Å². The summed E-state index contributed by atoms with van der Waals surface area (Å²) in [6, 6.07) is -0.712. The minimum absolute atomic E-state index is 0.0250. The summed E-state index contributed by atoms with van der Waals surface area (Å²) in [7, 11) is 0. The van der Waals surface area contributed by atoms with E-state index in [9.17, 15) is 14.4 Å². The van der Waals surface area contributed by atoms with E-state index in [0.717, 1.165) is 38.5 Å². The number of nitrogens with one attached hydrogen (secondary N) is 1. The van der Waals surface area contributed by atoms with Gasteiger partial charge in [-0.25, -0.2) is 0 Å². The lowest BCUT2D eigenvalue weighted by Crippen LogP contribution is -2.65. The molecular weight excluding hydrogens is 420 g/mol. The predicted molar refractivity (Wildman–Crippen MR) is 128 cm³/mol. The van der Waals surface area contributed by atoms with Crippen LogP contribution in [0.2, 0.25) is 0 Å². The fourth-order valence-corrected chi connectivity index (χ4v) is 4.95. The maximum Gasteiger partial charge on any atom is 0.311 e. The van der Waals surface area contributed by atoms with Crippen molar-refractivity contribution in [3.05, 3.63) is 0 Å². The molecule has 0 aromatic rings. The van der Waals surface area contributed by atoms with Gasteiger partial charge in [0.05, 0.1) is 12.0 Å². The molecule has 0 aromatic heterocycles. The molecule has 0 spiro atoms. The molecule has 1 saturated heterocycles. The summed E-state index contributed by atoms with van der Waals surface area (Å²) in [5.41, 5.74) is -1.51. The third kappa shape index (κ3) is 6.71. The summed E-state index contributed by atoms with van der Waals surface area (Å²) in [6.07, 6.45) is 4.13. The van der Waals surface area contributed by atoms with Gasteiger partial charge in [-0.05, 0) is 65.7 Å². The maximum absolute atomic E-state index is 13.7. The first kappa shape index (κ1) is 27.6. The molecule has 190 valence electrons. The molecule has 5 atom stereocenters. The normalized spacial score (nSPS) is 29.0. The van der Waals surface area contributed by atoms with Gasteiger partial charge in [0.2, 0.25) is 12.3 Å². The zero-order chi connectivity index (χ0) is 25.2. The topological polar surface area (TPSA) is 84.9 Å². The lowest BCUT2D eigenvalue weighted by molar-refractivity contribution is -0.221. The molecule has 0 bridgehead atoms. The first-order chi connectivity index (χ1) is 15.1. The summed E-state index contributed by atoms with van der Waals surface area (Å²) in [6.45, 7) is 17.8. The molecule has 2 amide bonds. The van der Waals surface area contributed by atoms with Gasteiger partial charge in [-0.1, -0.05) is 40.0 Å². The van der Waals surface area contributed by atoms with Crippen LogP contribution in [-0.2, 0) is 23.9 Å². The molecule has 7 heteroatoms. The maximum atomic E-state index is 13.7. The third-order valence-electron chi connectivity index (χ3n) is 7.20. The number of rotatable bonds is 6. The van der Waals surface area contributed by atoms with E-state index < -0.39 is 29.3 Å². The Balaban J connectivity index is 2.48. The van der Waals surface area contributed by atoms with E-state index in [1.165, 1.54) is 4.90 Å². The van der Waals surface area contributed by atoms with E-state index in [-0.39, 0.29) is 29.1 Å². The smallest absolute Gasteiger partial charge is 0.311 e. The molecule has 1 aliphatic carbocycles. The van der Waals surface area contributed by atoms with Crippen LogP contribution in [0.3, 0.4) is 0 Å². The Morgan fingerprint density at radius 1 is 1.09 bits per heavy atom. The van der Waals surface area contributed by atoms with Gasteiger partial charge in [-0.3, -0.25) is 14.4 Å². The number of hydrogen-bond acceptors (Lipinski definition) is 5. The van der Waals surface area contributed by atoms with Crippen LogP contribution in [0.25, 0.3) is 0 Å². The third-order valence-corrected chi connectivity index (χ3v) is 7.20. The molecule has 1 N–H and O–H groups in total. The SMILES string of the molecule is C[C@H]1[C@H](OC(=O)C(C)(C)C)[C@@H](N(C=O)C(C(=O)NC(C)(C)C)C2(C)CCCCC2)OC[C@H]1C. The van der Waals surface area contributed by atoms with Gasteiger partial charge in [0.1, 0.15) is 12.1 Å². The van der Waals surface area contributed by atoms with Gasteiger partial charge < -0.3 is 19.7 Å². The van der Waals surface area contributed by atoms with E-state index in [0.29, 0.717) is 6.61 Å². The molecule has 2 rings (SSSR count). The number of carbonyl (C=O) groups is 3. The molecule has 1 saturated carbocycles. The minimum atomic E-state index is -0.811. The van der Waals surface area contributed by atoms with Crippen molar-refractivity contribution in [2.75, 3.05) is 6.61 Å². The highest BCUT2D eigenvalue weighted by atomic mass is 16.6. The van der Waals surface area contributed by atoms with Crippen molar-refractivity contribution in [3.8, 4) is 0 Å². The summed E-state index contributed by atoms with van der Waals surface area (Å²) in [5, 5.41) is 3.09. The molecule has 0 radical (unpaired) electrons. The zero-order valence-corrected chi connectivity index (χ0v) is 22.2. The highest BCUT2D eigenvalue weighted by Gasteiger charge is 2.51. The van der Waals surface area contributed by atoms with Gasteiger partial charge in [0.15, 0.2) is 6.23 Å². The fourth-order valence-electron chi connectivity index (χ4n) is 4.95. The Bertz CT molecular complexity index is 702. The van der Waals surface area contributed by atoms with Crippen molar-refractivity contribution in [2.45, 2.75) is 118 Å². The second-order valence-electron chi connectivity index (χ2n) is 12.6. The molecular formula is C26H46N2O5. The lowest BCUT2D eigenvalue weighted by Gasteiger charge is -2.50. The van der Waals surface area contributed by atoms with Crippen LogP contribution in [0.4, 0.5) is 0 Å². The average Bonchev–Trinajstić information content (AvgIpc) is 2.68. The lowest BCUT2D eigenvalue weighted by atomic mass is 9.69. The average molecular weight is 467 g/mol. The molecule has 2 fully saturated rings. The predicted octanol–water partition coefficient (Wildman–Crippen LogP) is 4.28. The van der Waals surface area contributed by atoms with Crippen molar-refractivity contribution in [1.82, 2.24) is 10.2 Å². The minimum Gasteiger partial charge on any atom is -0.457 e. The van der Waals surface area contributed by atoms with Crippen molar-refractivity contribution < 1.29 is 23.9 Å². The Morgan fingerprint density at radius 3 is 2.15 bits per heavy atom.